The zero-order valence-corrected chi connectivity index (χ0v) is 30.4. The average Bonchev–Trinajstić information content (AvgIpc) is 3.89. The zero-order valence-electron chi connectivity index (χ0n) is 28.8. The van der Waals surface area contributed by atoms with Crippen LogP contribution in [0.5, 0.6) is 17.2 Å². The van der Waals surface area contributed by atoms with Crippen molar-refractivity contribution in [3.05, 3.63) is 64.1 Å². The quantitative estimate of drug-likeness (QED) is 0.215. The number of alkyl carbamates (subject to hydrolysis) is 1. The maximum atomic E-state index is 14.1. The summed E-state index contributed by atoms with van der Waals surface area (Å²) in [5, 5.41) is 6.06. The number of nitrogens with one attached hydrogen (secondary N) is 1. The summed E-state index contributed by atoms with van der Waals surface area (Å²) in [6.45, 7) is 7.52. The Balaban J connectivity index is 1.23. The fraction of sp³-hybridized carbons (Fsp3) is 0.543. The fourth-order valence-corrected chi connectivity index (χ4v) is 8.75. The van der Waals surface area contributed by atoms with Gasteiger partial charge in [-0.15, -0.1) is 11.3 Å². The Labute approximate surface area is 297 Å². The highest BCUT2D eigenvalue weighted by atomic mass is 32.2. The largest absolute Gasteiger partial charge is 0.487 e. The van der Waals surface area contributed by atoms with Crippen LogP contribution in [0.2, 0.25) is 0 Å². The van der Waals surface area contributed by atoms with Gasteiger partial charge in [0.2, 0.25) is 16.8 Å². The van der Waals surface area contributed by atoms with Crippen LogP contribution in [0.1, 0.15) is 43.0 Å². The number of aryl methyl sites for hydroxylation is 1. The average molecular weight is 732 g/mol. The number of thiazole rings is 1. The molecule has 15 heteroatoms. The lowest BCUT2D eigenvalue weighted by atomic mass is 9.88. The van der Waals surface area contributed by atoms with Gasteiger partial charge in [-0.05, 0) is 61.9 Å². The number of carbonyl (C=O) groups is 1. The van der Waals surface area contributed by atoms with E-state index in [1.807, 2.05) is 50.4 Å². The molecule has 0 unspecified atom stereocenters. The number of hydrogen-bond acceptors (Lipinski definition) is 12. The van der Waals surface area contributed by atoms with Crippen molar-refractivity contribution >= 4 is 27.5 Å². The third-order valence-corrected chi connectivity index (χ3v) is 11.6. The van der Waals surface area contributed by atoms with Crippen molar-refractivity contribution in [3.8, 4) is 17.2 Å². The van der Waals surface area contributed by atoms with Crippen molar-refractivity contribution in [2.24, 2.45) is 11.8 Å². The van der Waals surface area contributed by atoms with Gasteiger partial charge < -0.3 is 38.5 Å². The second-order valence-electron chi connectivity index (χ2n) is 13.3. The predicted octanol–water partition coefficient (Wildman–Crippen LogP) is 4.91. The van der Waals surface area contributed by atoms with Crippen molar-refractivity contribution in [1.82, 2.24) is 14.6 Å². The Hall–Kier alpha value is -3.47. The lowest BCUT2D eigenvalue weighted by molar-refractivity contribution is -0.0907. The highest BCUT2D eigenvalue weighted by Gasteiger charge is 2.45. The summed E-state index contributed by atoms with van der Waals surface area (Å²) < 4.78 is 69.4. The summed E-state index contributed by atoms with van der Waals surface area (Å²) in [6, 6.07) is 12.2. The summed E-state index contributed by atoms with van der Waals surface area (Å²) in [5.74, 6) is 1.55. The standard InChI is InChI=1S/C35H45N3O10S2/c1-23(2)17-38(50(40,41)28-9-10-30-31(15-28)47-22-46-30)13-12-35(21-42-4,37-34(39)48-32-19-45-33-29(32)11-14-43-33)16-25-5-7-27(8-6-25)44-18-26-20-49-24(3)36-26/h5-10,15,20,23,29,32-33H,11-14,16-19,21-22H2,1-4H3,(H,37,39)/t29-,32-,33+,35-/m0/s1. The second-order valence-corrected chi connectivity index (χ2v) is 16.3. The first-order valence-electron chi connectivity index (χ1n) is 16.8. The van der Waals surface area contributed by atoms with Crippen molar-refractivity contribution in [2.75, 3.05) is 46.8 Å². The van der Waals surface area contributed by atoms with E-state index in [1.54, 1.807) is 24.5 Å². The molecule has 0 saturated carbocycles. The molecule has 1 aromatic heterocycles. The molecule has 272 valence electrons. The maximum Gasteiger partial charge on any atom is 0.408 e. The van der Waals surface area contributed by atoms with Crippen LogP contribution < -0.4 is 19.5 Å². The number of nitrogens with zero attached hydrogens (tertiary/aromatic N) is 2. The molecule has 4 atom stereocenters. The van der Waals surface area contributed by atoms with Crippen LogP contribution in [0.4, 0.5) is 4.79 Å². The van der Waals surface area contributed by atoms with E-state index in [2.05, 4.69) is 10.3 Å². The van der Waals surface area contributed by atoms with E-state index in [1.165, 1.54) is 16.4 Å². The molecular weight excluding hydrogens is 687 g/mol. The van der Waals surface area contributed by atoms with Crippen LogP contribution in [0.25, 0.3) is 0 Å². The number of hydrogen-bond donors (Lipinski definition) is 1. The lowest BCUT2D eigenvalue weighted by Crippen LogP contribution is -2.56. The highest BCUT2D eigenvalue weighted by Crippen LogP contribution is 2.36. The number of benzene rings is 2. The first kappa shape index (κ1) is 36.3. The minimum Gasteiger partial charge on any atom is -0.487 e. The maximum absolute atomic E-state index is 14.1. The molecule has 3 aromatic rings. The molecule has 1 N–H and O–H groups in total. The number of fused-ring (bicyclic) bond motifs is 2. The van der Waals surface area contributed by atoms with Gasteiger partial charge in [-0.2, -0.15) is 4.31 Å². The number of carbonyl (C=O) groups excluding carboxylic acids is 1. The molecule has 2 saturated heterocycles. The first-order valence-corrected chi connectivity index (χ1v) is 19.1. The summed E-state index contributed by atoms with van der Waals surface area (Å²) in [7, 11) is -2.40. The number of sulfonamides is 1. The van der Waals surface area contributed by atoms with Gasteiger partial charge in [0.1, 0.15) is 18.5 Å². The molecule has 3 aliphatic heterocycles. The number of aromatic nitrogens is 1. The van der Waals surface area contributed by atoms with Crippen LogP contribution >= 0.6 is 11.3 Å². The van der Waals surface area contributed by atoms with Crippen LogP contribution in [0.15, 0.2) is 52.7 Å². The molecule has 3 aliphatic rings. The minimum atomic E-state index is -3.96. The molecule has 50 heavy (non-hydrogen) atoms. The van der Waals surface area contributed by atoms with Gasteiger partial charge in [0.25, 0.3) is 0 Å². The van der Waals surface area contributed by atoms with E-state index in [0.29, 0.717) is 36.9 Å². The van der Waals surface area contributed by atoms with E-state index in [-0.39, 0.29) is 62.5 Å². The van der Waals surface area contributed by atoms with E-state index < -0.39 is 27.8 Å². The Morgan fingerprint density at radius 3 is 2.68 bits per heavy atom. The number of ether oxygens (including phenoxy) is 7. The topological polar surface area (TPSA) is 144 Å². The van der Waals surface area contributed by atoms with Crippen molar-refractivity contribution in [1.29, 1.82) is 0 Å². The Kier molecular flexibility index (Phi) is 11.5. The summed E-state index contributed by atoms with van der Waals surface area (Å²) in [5.41, 5.74) is 0.710. The monoisotopic (exact) mass is 731 g/mol. The fourth-order valence-electron chi connectivity index (χ4n) is 6.53. The van der Waals surface area contributed by atoms with Gasteiger partial charge in [0.05, 0.1) is 46.9 Å². The molecular formula is C35H45N3O10S2. The van der Waals surface area contributed by atoms with Gasteiger partial charge >= 0.3 is 6.09 Å². The number of methoxy groups -OCH3 is 1. The smallest absolute Gasteiger partial charge is 0.408 e. The van der Waals surface area contributed by atoms with Crippen molar-refractivity contribution < 1.29 is 46.4 Å². The molecule has 0 aliphatic carbocycles. The lowest BCUT2D eigenvalue weighted by Gasteiger charge is -2.36. The molecule has 2 aromatic carbocycles. The molecule has 2 fully saturated rings. The van der Waals surface area contributed by atoms with Gasteiger partial charge in [0, 0.05) is 31.6 Å². The molecule has 0 spiro atoms. The van der Waals surface area contributed by atoms with Crippen molar-refractivity contribution in [3.63, 3.8) is 0 Å². The van der Waals surface area contributed by atoms with Crippen molar-refractivity contribution in [2.45, 2.75) is 69.5 Å². The summed E-state index contributed by atoms with van der Waals surface area (Å²) >= 11 is 1.57. The van der Waals surface area contributed by atoms with Gasteiger partial charge in [-0.3, -0.25) is 0 Å². The van der Waals surface area contributed by atoms with Gasteiger partial charge in [-0.25, -0.2) is 18.2 Å². The Morgan fingerprint density at radius 1 is 1.14 bits per heavy atom. The number of amides is 1. The molecule has 13 nitrogen and oxygen atoms in total. The van der Waals surface area contributed by atoms with Gasteiger partial charge in [-0.1, -0.05) is 26.0 Å². The van der Waals surface area contributed by atoms with Crippen LogP contribution in [-0.4, -0.2) is 88.5 Å². The van der Waals surface area contributed by atoms with E-state index in [0.717, 1.165) is 22.7 Å². The van der Waals surface area contributed by atoms with E-state index in [4.69, 9.17) is 33.2 Å². The number of rotatable bonds is 16. The van der Waals surface area contributed by atoms with E-state index in [9.17, 15) is 13.2 Å². The molecule has 0 bridgehead atoms. The summed E-state index contributed by atoms with van der Waals surface area (Å²) in [4.78, 5) is 18.2. The second kappa shape index (κ2) is 15.8. The highest BCUT2D eigenvalue weighted by molar-refractivity contribution is 7.89. The van der Waals surface area contributed by atoms with Crippen LogP contribution in [0, 0.1) is 18.8 Å². The Morgan fingerprint density at radius 2 is 1.94 bits per heavy atom. The van der Waals surface area contributed by atoms with Gasteiger partial charge in [0.15, 0.2) is 17.8 Å². The first-order chi connectivity index (χ1) is 24.0. The normalized spacial score (nSPS) is 21.0. The third kappa shape index (κ3) is 8.69. The molecule has 1 amide bonds. The van der Waals surface area contributed by atoms with Crippen LogP contribution in [-0.2, 0) is 42.0 Å². The molecule has 4 heterocycles. The molecule has 0 radical (unpaired) electrons. The van der Waals surface area contributed by atoms with E-state index >= 15 is 0 Å². The molecule has 6 rings (SSSR count). The zero-order chi connectivity index (χ0) is 35.3. The minimum absolute atomic E-state index is 0.0261. The predicted molar refractivity (Wildman–Crippen MR) is 184 cm³/mol. The SMILES string of the molecule is COC[C@](CCN(CC(C)C)S(=O)(=O)c1ccc2c(c1)OCO2)(Cc1ccc(OCc2csc(C)n2)cc1)NC(=O)O[C@H]1CO[C@H]2OCC[C@H]21. The Bertz CT molecular complexity index is 1720. The third-order valence-electron chi connectivity index (χ3n) is 8.94. The van der Waals surface area contributed by atoms with Crippen LogP contribution in [0.3, 0.4) is 0 Å². The summed E-state index contributed by atoms with van der Waals surface area (Å²) in [6.07, 6.45) is -0.158.